The number of nitrogens with one attached hydrogen (secondary N) is 1. The lowest BCUT2D eigenvalue weighted by Gasteiger charge is -2.15. The van der Waals surface area contributed by atoms with Crippen molar-refractivity contribution >= 4 is 46.2 Å². The number of nitrogens with zero attached hydrogens (tertiary/aromatic N) is 1. The van der Waals surface area contributed by atoms with Crippen LogP contribution in [0.1, 0.15) is 30.9 Å². The standard InChI is InChI=1S/C23H24N2O4S2/c1-3-4-12-29-18-11-10-17(13-19(18)28-2)14-20-22(27)25(23(30)31-20)24-21(26)15-16-8-6-5-7-9-16/h5-11,13-14H,3-4,12,15H2,1-2H3,(H,24,26)/b20-14-. The minimum absolute atomic E-state index is 0.160. The van der Waals surface area contributed by atoms with Gasteiger partial charge >= 0.3 is 0 Å². The fourth-order valence-corrected chi connectivity index (χ4v) is 4.06. The second-order valence-electron chi connectivity index (χ2n) is 6.83. The third-order valence-electron chi connectivity index (χ3n) is 4.48. The van der Waals surface area contributed by atoms with Gasteiger partial charge in [0.1, 0.15) is 0 Å². The van der Waals surface area contributed by atoms with Gasteiger partial charge in [-0.15, -0.1) is 0 Å². The molecule has 2 aromatic rings. The minimum atomic E-state index is -0.362. The Morgan fingerprint density at radius 3 is 2.68 bits per heavy atom. The van der Waals surface area contributed by atoms with E-state index in [1.165, 1.54) is 0 Å². The molecule has 0 unspecified atom stereocenters. The predicted molar refractivity (Wildman–Crippen MR) is 127 cm³/mol. The van der Waals surface area contributed by atoms with E-state index in [-0.39, 0.29) is 22.6 Å². The first-order chi connectivity index (χ1) is 15.0. The molecule has 0 aliphatic carbocycles. The Hall–Kier alpha value is -2.84. The molecule has 0 bridgehead atoms. The Morgan fingerprint density at radius 1 is 1.19 bits per heavy atom. The van der Waals surface area contributed by atoms with Gasteiger partial charge in [-0.1, -0.05) is 61.5 Å². The van der Waals surface area contributed by atoms with Crippen LogP contribution in [-0.2, 0) is 16.0 Å². The van der Waals surface area contributed by atoms with Crippen LogP contribution in [-0.4, -0.2) is 34.9 Å². The van der Waals surface area contributed by atoms with Crippen molar-refractivity contribution in [3.8, 4) is 11.5 Å². The molecule has 162 valence electrons. The number of unbranched alkanes of at least 4 members (excludes halogenated alkanes) is 1. The van der Waals surface area contributed by atoms with Gasteiger partial charge in [-0.25, -0.2) is 0 Å². The summed E-state index contributed by atoms with van der Waals surface area (Å²) in [6, 6.07) is 14.8. The maximum atomic E-state index is 12.8. The van der Waals surface area contributed by atoms with Gasteiger partial charge in [0.2, 0.25) is 5.91 Å². The summed E-state index contributed by atoms with van der Waals surface area (Å²) in [5.74, 6) is 0.586. The van der Waals surface area contributed by atoms with Gasteiger partial charge in [-0.05, 0) is 48.0 Å². The van der Waals surface area contributed by atoms with Crippen LogP contribution in [0.25, 0.3) is 6.08 Å². The Balaban J connectivity index is 1.68. The number of hydrogen-bond donors (Lipinski definition) is 1. The molecule has 8 heteroatoms. The summed E-state index contributed by atoms with van der Waals surface area (Å²) in [6.07, 6.45) is 3.89. The molecule has 0 aromatic heterocycles. The van der Waals surface area contributed by atoms with E-state index in [1.807, 2.05) is 48.5 Å². The molecule has 1 aliphatic heterocycles. The topological polar surface area (TPSA) is 67.9 Å². The average molecular weight is 457 g/mol. The van der Waals surface area contributed by atoms with Crippen molar-refractivity contribution in [3.05, 3.63) is 64.6 Å². The first kappa shape index (κ1) is 22.8. The van der Waals surface area contributed by atoms with Crippen LogP contribution >= 0.6 is 24.0 Å². The van der Waals surface area contributed by atoms with Gasteiger partial charge in [0.05, 0.1) is 25.0 Å². The van der Waals surface area contributed by atoms with Crippen LogP contribution in [0.15, 0.2) is 53.4 Å². The van der Waals surface area contributed by atoms with Crippen molar-refractivity contribution < 1.29 is 19.1 Å². The number of rotatable bonds is 9. The first-order valence-electron chi connectivity index (χ1n) is 9.94. The lowest BCUT2D eigenvalue weighted by molar-refractivity contribution is -0.132. The van der Waals surface area contributed by atoms with E-state index in [1.54, 1.807) is 13.2 Å². The number of ether oxygens (including phenoxy) is 2. The van der Waals surface area contributed by atoms with Gasteiger partial charge in [0.15, 0.2) is 15.8 Å². The van der Waals surface area contributed by atoms with Crippen LogP contribution in [0.4, 0.5) is 0 Å². The number of benzene rings is 2. The summed E-state index contributed by atoms with van der Waals surface area (Å²) in [5, 5.41) is 1.12. The molecule has 6 nitrogen and oxygen atoms in total. The van der Waals surface area contributed by atoms with Crippen molar-refractivity contribution in [2.45, 2.75) is 26.2 Å². The van der Waals surface area contributed by atoms with Gasteiger partial charge in [0, 0.05) is 0 Å². The van der Waals surface area contributed by atoms with Gasteiger partial charge in [-0.2, -0.15) is 5.01 Å². The lowest BCUT2D eigenvalue weighted by atomic mass is 10.1. The van der Waals surface area contributed by atoms with E-state index in [4.69, 9.17) is 21.7 Å². The van der Waals surface area contributed by atoms with Gasteiger partial charge < -0.3 is 9.47 Å². The highest BCUT2D eigenvalue weighted by atomic mass is 32.2. The van der Waals surface area contributed by atoms with Crippen molar-refractivity contribution in [1.29, 1.82) is 0 Å². The second kappa shape index (κ2) is 11.0. The summed E-state index contributed by atoms with van der Waals surface area (Å²) in [7, 11) is 1.58. The molecule has 1 aliphatic rings. The molecule has 0 spiro atoms. The number of thiocarbonyl (C=S) groups is 1. The molecule has 0 radical (unpaired) electrons. The highest BCUT2D eigenvalue weighted by Gasteiger charge is 2.33. The van der Waals surface area contributed by atoms with Crippen LogP contribution in [0.2, 0.25) is 0 Å². The van der Waals surface area contributed by atoms with E-state index >= 15 is 0 Å². The lowest BCUT2D eigenvalue weighted by Crippen LogP contribution is -2.45. The highest BCUT2D eigenvalue weighted by Crippen LogP contribution is 2.34. The van der Waals surface area contributed by atoms with E-state index < -0.39 is 0 Å². The molecular formula is C23H24N2O4S2. The number of thioether (sulfide) groups is 1. The molecule has 0 saturated carbocycles. The molecule has 2 amide bonds. The van der Waals surface area contributed by atoms with E-state index in [0.29, 0.717) is 23.0 Å². The molecule has 31 heavy (non-hydrogen) atoms. The van der Waals surface area contributed by atoms with Crippen LogP contribution in [0.5, 0.6) is 11.5 Å². The smallest absolute Gasteiger partial charge is 0.285 e. The number of amides is 2. The number of hydrazine groups is 1. The third-order valence-corrected chi connectivity index (χ3v) is 5.78. The van der Waals surface area contributed by atoms with Crippen molar-refractivity contribution in [1.82, 2.24) is 10.4 Å². The molecular weight excluding hydrogens is 432 g/mol. The fraction of sp³-hybridized carbons (Fsp3) is 0.261. The quantitative estimate of drug-likeness (QED) is 0.344. The molecule has 1 saturated heterocycles. The van der Waals surface area contributed by atoms with Gasteiger partial charge in [0.25, 0.3) is 5.91 Å². The Bertz CT molecular complexity index is 992. The maximum absolute atomic E-state index is 12.8. The van der Waals surface area contributed by atoms with E-state index in [2.05, 4.69) is 12.3 Å². The van der Waals surface area contributed by atoms with Crippen molar-refractivity contribution in [2.75, 3.05) is 13.7 Å². The van der Waals surface area contributed by atoms with Gasteiger partial charge in [-0.3, -0.25) is 15.0 Å². The average Bonchev–Trinajstić information content (AvgIpc) is 3.02. The first-order valence-corrected chi connectivity index (χ1v) is 11.2. The number of carbonyl (C=O) groups is 2. The third kappa shape index (κ3) is 6.08. The Morgan fingerprint density at radius 2 is 1.97 bits per heavy atom. The monoisotopic (exact) mass is 456 g/mol. The number of methoxy groups -OCH3 is 1. The number of hydrogen-bond acceptors (Lipinski definition) is 6. The molecule has 3 rings (SSSR count). The normalized spacial score (nSPS) is 14.8. The fourth-order valence-electron chi connectivity index (χ4n) is 2.88. The minimum Gasteiger partial charge on any atom is -0.493 e. The summed E-state index contributed by atoms with van der Waals surface area (Å²) in [4.78, 5) is 25.5. The Labute approximate surface area is 191 Å². The molecule has 1 N–H and O–H groups in total. The Kier molecular flexibility index (Phi) is 8.08. The number of carbonyl (C=O) groups excluding carboxylic acids is 2. The molecule has 1 heterocycles. The largest absolute Gasteiger partial charge is 0.493 e. The summed E-state index contributed by atoms with van der Waals surface area (Å²) < 4.78 is 11.4. The van der Waals surface area contributed by atoms with E-state index in [0.717, 1.165) is 40.7 Å². The predicted octanol–water partition coefficient (Wildman–Crippen LogP) is 4.35. The zero-order chi connectivity index (χ0) is 22.2. The second-order valence-corrected chi connectivity index (χ2v) is 8.50. The van der Waals surface area contributed by atoms with Crippen molar-refractivity contribution in [3.63, 3.8) is 0 Å². The van der Waals surface area contributed by atoms with Crippen molar-refractivity contribution in [2.24, 2.45) is 0 Å². The summed E-state index contributed by atoms with van der Waals surface area (Å²) >= 11 is 6.43. The SMILES string of the molecule is CCCCOc1ccc(/C=C2\SC(=S)N(NC(=O)Cc3ccccc3)C2=O)cc1OC. The summed E-state index contributed by atoms with van der Waals surface area (Å²) in [6.45, 7) is 2.72. The molecule has 1 fully saturated rings. The molecule has 2 aromatic carbocycles. The van der Waals surface area contributed by atoms with Crippen LogP contribution in [0.3, 0.4) is 0 Å². The van der Waals surface area contributed by atoms with E-state index in [9.17, 15) is 9.59 Å². The molecule has 0 atom stereocenters. The van der Waals surface area contributed by atoms with Crippen LogP contribution in [0, 0.1) is 0 Å². The summed E-state index contributed by atoms with van der Waals surface area (Å²) in [5.41, 5.74) is 4.23. The zero-order valence-corrected chi connectivity index (χ0v) is 19.1. The zero-order valence-electron chi connectivity index (χ0n) is 17.4. The van der Waals surface area contributed by atoms with Crippen LogP contribution < -0.4 is 14.9 Å². The highest BCUT2D eigenvalue weighted by molar-refractivity contribution is 8.26. The maximum Gasteiger partial charge on any atom is 0.285 e.